The second-order valence-corrected chi connectivity index (χ2v) is 7.52. The first kappa shape index (κ1) is 14.9. The highest BCUT2D eigenvalue weighted by Crippen LogP contribution is 2.38. The van der Waals surface area contributed by atoms with Gasteiger partial charge in [-0.2, -0.15) is 0 Å². The van der Waals surface area contributed by atoms with E-state index in [4.69, 9.17) is 9.88 Å². The highest BCUT2D eigenvalue weighted by molar-refractivity contribution is 7.90. The molecule has 6 nitrogen and oxygen atoms in total. The summed E-state index contributed by atoms with van der Waals surface area (Å²) in [6.45, 7) is -0.214. The summed E-state index contributed by atoms with van der Waals surface area (Å²) < 4.78 is 27.4. The Morgan fingerprint density at radius 1 is 1.27 bits per heavy atom. The number of pyridine rings is 1. The van der Waals surface area contributed by atoms with Gasteiger partial charge in [-0.25, -0.2) is 18.4 Å². The number of benzene rings is 1. The van der Waals surface area contributed by atoms with Crippen molar-refractivity contribution in [1.82, 2.24) is 4.98 Å². The number of carbonyl (C=O) groups is 1. The van der Waals surface area contributed by atoms with Crippen LogP contribution in [0.1, 0.15) is 29.6 Å². The first-order chi connectivity index (χ1) is 10.4. The van der Waals surface area contributed by atoms with Crippen LogP contribution in [0.15, 0.2) is 36.7 Å². The molecule has 0 unspecified atom stereocenters. The van der Waals surface area contributed by atoms with Crippen molar-refractivity contribution >= 4 is 26.8 Å². The van der Waals surface area contributed by atoms with Crippen molar-refractivity contribution in [2.75, 3.05) is 6.61 Å². The second kappa shape index (κ2) is 5.33. The predicted octanol–water partition coefficient (Wildman–Crippen LogP) is 1.60. The summed E-state index contributed by atoms with van der Waals surface area (Å²) in [6.07, 6.45) is 4.70. The van der Waals surface area contributed by atoms with Gasteiger partial charge in [0.25, 0.3) is 0 Å². The van der Waals surface area contributed by atoms with Crippen LogP contribution in [0.2, 0.25) is 0 Å². The average molecular weight is 320 g/mol. The van der Waals surface area contributed by atoms with E-state index in [1.54, 1.807) is 12.3 Å². The van der Waals surface area contributed by atoms with Crippen LogP contribution in [-0.4, -0.2) is 30.7 Å². The molecule has 0 atom stereocenters. The van der Waals surface area contributed by atoms with Crippen molar-refractivity contribution in [2.45, 2.75) is 24.0 Å². The molecule has 1 aliphatic rings. The van der Waals surface area contributed by atoms with Crippen molar-refractivity contribution in [3.63, 3.8) is 0 Å². The number of primary sulfonamides is 1. The van der Waals surface area contributed by atoms with E-state index in [0.29, 0.717) is 18.4 Å². The largest absolute Gasteiger partial charge is 0.460 e. The lowest BCUT2D eigenvalue weighted by Crippen LogP contribution is -2.52. The van der Waals surface area contributed by atoms with E-state index in [9.17, 15) is 13.2 Å². The van der Waals surface area contributed by atoms with E-state index in [-0.39, 0.29) is 6.61 Å². The van der Waals surface area contributed by atoms with Crippen LogP contribution in [0.25, 0.3) is 10.8 Å². The first-order valence-electron chi connectivity index (χ1n) is 6.95. The van der Waals surface area contributed by atoms with Gasteiger partial charge in [-0.1, -0.05) is 24.3 Å². The zero-order valence-corrected chi connectivity index (χ0v) is 12.7. The van der Waals surface area contributed by atoms with Crippen LogP contribution in [-0.2, 0) is 14.8 Å². The number of nitrogens with zero attached hydrogens (tertiary/aromatic N) is 1. The standard InChI is InChI=1S/C15H16N2O4S/c16-22(19,20)15(6-3-7-15)10-21-14(18)13-9-17-8-11-4-1-2-5-12(11)13/h1-2,4-5,8-9H,3,6-7,10H2,(H2,16,19,20). The summed E-state index contributed by atoms with van der Waals surface area (Å²) in [4.78, 5) is 16.3. The van der Waals surface area contributed by atoms with Gasteiger partial charge < -0.3 is 4.74 Å². The molecule has 2 aromatic rings. The molecule has 7 heteroatoms. The number of hydrogen-bond acceptors (Lipinski definition) is 5. The topological polar surface area (TPSA) is 99.4 Å². The average Bonchev–Trinajstić information content (AvgIpc) is 2.43. The maximum Gasteiger partial charge on any atom is 0.340 e. The van der Waals surface area contributed by atoms with Crippen molar-refractivity contribution in [3.8, 4) is 0 Å². The molecule has 0 spiro atoms. The summed E-state index contributed by atoms with van der Waals surface area (Å²) in [7, 11) is -3.74. The maximum absolute atomic E-state index is 12.3. The van der Waals surface area contributed by atoms with E-state index < -0.39 is 20.7 Å². The fraction of sp³-hybridized carbons (Fsp3) is 0.333. The van der Waals surface area contributed by atoms with Gasteiger partial charge in [0.15, 0.2) is 0 Å². The van der Waals surface area contributed by atoms with Gasteiger partial charge in [-0.15, -0.1) is 0 Å². The summed E-state index contributed by atoms with van der Waals surface area (Å²) in [5.74, 6) is -0.584. The number of ether oxygens (including phenoxy) is 1. The minimum Gasteiger partial charge on any atom is -0.460 e. The van der Waals surface area contributed by atoms with E-state index in [1.807, 2.05) is 18.2 Å². The van der Waals surface area contributed by atoms with Crippen LogP contribution >= 0.6 is 0 Å². The fourth-order valence-corrected chi connectivity index (χ4v) is 3.72. The van der Waals surface area contributed by atoms with Crippen LogP contribution in [0, 0.1) is 0 Å². The Morgan fingerprint density at radius 2 is 2.00 bits per heavy atom. The second-order valence-electron chi connectivity index (χ2n) is 5.57. The monoisotopic (exact) mass is 320 g/mol. The van der Waals surface area contributed by atoms with Gasteiger partial charge in [0.05, 0.1) is 5.56 Å². The molecular formula is C15H16N2O4S. The van der Waals surface area contributed by atoms with E-state index in [2.05, 4.69) is 4.98 Å². The maximum atomic E-state index is 12.3. The number of carbonyl (C=O) groups excluding carboxylic acids is 1. The molecule has 1 aliphatic carbocycles. The predicted molar refractivity (Wildman–Crippen MR) is 81.7 cm³/mol. The van der Waals surface area contributed by atoms with E-state index in [0.717, 1.165) is 17.2 Å². The van der Waals surface area contributed by atoms with Gasteiger partial charge in [0, 0.05) is 17.8 Å². The molecule has 2 N–H and O–H groups in total. The third-order valence-electron chi connectivity index (χ3n) is 4.22. The molecule has 0 bridgehead atoms. The number of fused-ring (bicyclic) bond motifs is 1. The van der Waals surface area contributed by atoms with Crippen LogP contribution in [0.5, 0.6) is 0 Å². The summed E-state index contributed by atoms with van der Waals surface area (Å²) in [5.41, 5.74) is 0.321. The van der Waals surface area contributed by atoms with Gasteiger partial charge in [-0.3, -0.25) is 4.98 Å². The quantitative estimate of drug-likeness (QED) is 0.863. The van der Waals surface area contributed by atoms with Crippen LogP contribution in [0.3, 0.4) is 0 Å². The molecular weight excluding hydrogens is 304 g/mol. The minimum absolute atomic E-state index is 0.214. The number of nitrogens with two attached hydrogens (primary N) is 1. The van der Waals surface area contributed by atoms with Crippen molar-refractivity contribution in [1.29, 1.82) is 0 Å². The Balaban J connectivity index is 1.83. The molecule has 1 aromatic heterocycles. The Labute approximate surface area is 128 Å². The Kier molecular flexibility index (Phi) is 3.62. The third kappa shape index (κ3) is 2.46. The lowest BCUT2D eigenvalue weighted by atomic mass is 9.85. The molecule has 1 aromatic carbocycles. The summed E-state index contributed by atoms with van der Waals surface area (Å²) in [6, 6.07) is 7.31. The van der Waals surface area contributed by atoms with Crippen molar-refractivity contribution in [3.05, 3.63) is 42.2 Å². The zero-order chi connectivity index (χ0) is 15.8. The molecule has 3 rings (SSSR count). The summed E-state index contributed by atoms with van der Waals surface area (Å²) in [5, 5.41) is 6.80. The van der Waals surface area contributed by atoms with Gasteiger partial charge in [-0.05, 0) is 24.6 Å². The molecule has 1 fully saturated rings. The fourth-order valence-electron chi connectivity index (χ4n) is 2.64. The number of hydrogen-bond donors (Lipinski definition) is 1. The Bertz CT molecular complexity index is 823. The van der Waals surface area contributed by atoms with Gasteiger partial charge in [0.2, 0.25) is 10.0 Å². The van der Waals surface area contributed by atoms with Crippen molar-refractivity contribution < 1.29 is 17.9 Å². The molecule has 1 saturated carbocycles. The smallest absolute Gasteiger partial charge is 0.340 e. The molecule has 0 radical (unpaired) electrons. The Morgan fingerprint density at radius 3 is 2.64 bits per heavy atom. The minimum atomic E-state index is -3.74. The molecule has 116 valence electrons. The van der Waals surface area contributed by atoms with Crippen LogP contribution in [0.4, 0.5) is 0 Å². The molecule has 0 amide bonds. The zero-order valence-electron chi connectivity index (χ0n) is 11.9. The number of sulfonamides is 1. The SMILES string of the molecule is NS(=O)(=O)C1(COC(=O)c2cncc3ccccc23)CCC1. The lowest BCUT2D eigenvalue weighted by Gasteiger charge is -2.38. The highest BCUT2D eigenvalue weighted by atomic mass is 32.2. The molecule has 0 aliphatic heterocycles. The highest BCUT2D eigenvalue weighted by Gasteiger charge is 2.48. The van der Waals surface area contributed by atoms with E-state index >= 15 is 0 Å². The van der Waals surface area contributed by atoms with Gasteiger partial charge in [0.1, 0.15) is 11.4 Å². The number of aromatic nitrogens is 1. The molecule has 22 heavy (non-hydrogen) atoms. The van der Waals surface area contributed by atoms with Crippen LogP contribution < -0.4 is 5.14 Å². The lowest BCUT2D eigenvalue weighted by molar-refractivity contribution is 0.0408. The van der Waals surface area contributed by atoms with Gasteiger partial charge >= 0.3 is 5.97 Å². The normalized spacial score (nSPS) is 17.0. The number of esters is 1. The number of rotatable bonds is 4. The first-order valence-corrected chi connectivity index (χ1v) is 8.50. The van der Waals surface area contributed by atoms with E-state index in [1.165, 1.54) is 6.20 Å². The Hall–Kier alpha value is -1.99. The molecule has 1 heterocycles. The molecule has 0 saturated heterocycles. The third-order valence-corrected chi connectivity index (χ3v) is 5.96. The summed E-state index contributed by atoms with van der Waals surface area (Å²) >= 11 is 0. The van der Waals surface area contributed by atoms with Crippen molar-refractivity contribution in [2.24, 2.45) is 5.14 Å².